The van der Waals surface area contributed by atoms with E-state index >= 15 is 0 Å². The number of carbonyl (C=O) groups excluding carboxylic acids is 2. The molecule has 3 aromatic rings. The second-order valence-corrected chi connectivity index (χ2v) is 8.04. The van der Waals surface area contributed by atoms with Gasteiger partial charge in [0.1, 0.15) is 11.7 Å². The van der Waals surface area contributed by atoms with Crippen LogP contribution in [-0.2, 0) is 16.0 Å². The fourth-order valence-electron chi connectivity index (χ4n) is 3.51. The average molecular weight is 472 g/mol. The van der Waals surface area contributed by atoms with Gasteiger partial charge in [0.15, 0.2) is 11.5 Å². The molecule has 0 radical (unpaired) electrons. The number of benzene rings is 3. The zero-order valence-electron chi connectivity index (χ0n) is 19.0. The monoisotopic (exact) mass is 472 g/mol. The molecular formula is C27H24N2O6. The lowest BCUT2D eigenvalue weighted by molar-refractivity contribution is -0.141. The van der Waals surface area contributed by atoms with E-state index in [1.165, 1.54) is 6.08 Å². The van der Waals surface area contributed by atoms with Crippen LogP contribution in [-0.4, -0.2) is 35.7 Å². The van der Waals surface area contributed by atoms with Crippen LogP contribution in [0.3, 0.4) is 0 Å². The normalized spacial score (nSPS) is 13.1. The summed E-state index contributed by atoms with van der Waals surface area (Å²) in [6.45, 7) is 2.00. The van der Waals surface area contributed by atoms with Gasteiger partial charge in [0.25, 0.3) is 11.8 Å². The van der Waals surface area contributed by atoms with Crippen molar-refractivity contribution < 1.29 is 29.0 Å². The number of hydrogen-bond acceptors (Lipinski definition) is 5. The van der Waals surface area contributed by atoms with Gasteiger partial charge in [-0.25, -0.2) is 4.79 Å². The quantitative estimate of drug-likeness (QED) is 0.434. The Bertz CT molecular complexity index is 1270. The van der Waals surface area contributed by atoms with Gasteiger partial charge in [-0.15, -0.1) is 0 Å². The number of carboxylic acid groups (broad SMARTS) is 1. The fraction of sp³-hybridized carbons (Fsp3) is 0.148. The number of ether oxygens (including phenoxy) is 2. The summed E-state index contributed by atoms with van der Waals surface area (Å²) >= 11 is 0. The first-order valence-corrected chi connectivity index (χ1v) is 11.0. The lowest BCUT2D eigenvalue weighted by Crippen LogP contribution is -2.45. The van der Waals surface area contributed by atoms with E-state index in [0.29, 0.717) is 22.6 Å². The van der Waals surface area contributed by atoms with Crippen molar-refractivity contribution in [2.24, 2.45) is 0 Å². The number of aliphatic carboxylic acids is 1. The molecule has 3 N–H and O–H groups in total. The Morgan fingerprint density at radius 3 is 2.40 bits per heavy atom. The van der Waals surface area contributed by atoms with E-state index in [2.05, 4.69) is 10.6 Å². The number of aryl methyl sites for hydroxylation is 1. The summed E-state index contributed by atoms with van der Waals surface area (Å²) in [6.07, 6.45) is 1.55. The number of hydrogen-bond donors (Lipinski definition) is 3. The number of amides is 2. The van der Waals surface area contributed by atoms with Crippen molar-refractivity contribution in [1.29, 1.82) is 0 Å². The number of rotatable bonds is 8. The minimum Gasteiger partial charge on any atom is -0.480 e. The Kier molecular flexibility index (Phi) is 7.11. The van der Waals surface area contributed by atoms with Gasteiger partial charge in [-0.1, -0.05) is 54.1 Å². The molecule has 0 aromatic heterocycles. The first-order chi connectivity index (χ1) is 16.9. The summed E-state index contributed by atoms with van der Waals surface area (Å²) in [4.78, 5) is 37.9. The molecule has 0 unspecified atom stereocenters. The van der Waals surface area contributed by atoms with Crippen molar-refractivity contribution in [3.63, 3.8) is 0 Å². The number of nitrogens with one attached hydrogen (secondary N) is 2. The molecule has 0 saturated heterocycles. The number of carboxylic acids is 1. The van der Waals surface area contributed by atoms with Crippen LogP contribution in [0.4, 0.5) is 0 Å². The molecule has 0 fully saturated rings. The molecule has 4 rings (SSSR count). The van der Waals surface area contributed by atoms with Gasteiger partial charge in [-0.2, -0.15) is 0 Å². The molecular weight excluding hydrogens is 448 g/mol. The van der Waals surface area contributed by atoms with Crippen LogP contribution >= 0.6 is 0 Å². The van der Waals surface area contributed by atoms with Crippen molar-refractivity contribution in [2.75, 3.05) is 6.79 Å². The Morgan fingerprint density at radius 2 is 1.69 bits per heavy atom. The van der Waals surface area contributed by atoms with Gasteiger partial charge < -0.3 is 25.2 Å². The molecule has 8 heteroatoms. The second-order valence-electron chi connectivity index (χ2n) is 8.04. The van der Waals surface area contributed by atoms with E-state index in [-0.39, 0.29) is 18.9 Å². The minimum atomic E-state index is -1.19. The summed E-state index contributed by atoms with van der Waals surface area (Å²) < 4.78 is 10.7. The Balaban J connectivity index is 1.60. The van der Waals surface area contributed by atoms with E-state index in [1.807, 2.05) is 13.0 Å². The maximum absolute atomic E-state index is 13.2. The average Bonchev–Trinajstić information content (AvgIpc) is 3.32. The van der Waals surface area contributed by atoms with Gasteiger partial charge in [-0.3, -0.25) is 9.59 Å². The largest absolute Gasteiger partial charge is 0.480 e. The first kappa shape index (κ1) is 23.6. The molecule has 0 spiro atoms. The Labute approximate surface area is 202 Å². The highest BCUT2D eigenvalue weighted by molar-refractivity contribution is 6.06. The van der Waals surface area contributed by atoms with Crippen molar-refractivity contribution in [1.82, 2.24) is 10.6 Å². The van der Waals surface area contributed by atoms with Crippen molar-refractivity contribution in [3.05, 3.63) is 101 Å². The molecule has 3 aromatic carbocycles. The molecule has 2 amide bonds. The molecule has 1 atom stereocenters. The summed E-state index contributed by atoms with van der Waals surface area (Å²) in [5, 5.41) is 14.8. The number of fused-ring (bicyclic) bond motifs is 1. The standard InChI is InChI=1S/C27H24N2O6/c1-17-7-10-20(11-8-17)25(30)28-21(14-19-9-12-23-24(15-19)35-16-34-23)26(31)29-22(27(32)33)13-18-5-3-2-4-6-18/h2-12,14-15,22H,13,16H2,1H3,(H,28,30)(H,29,31)(H,32,33)/b21-14+/t22-/m0/s1. The zero-order chi connectivity index (χ0) is 24.8. The van der Waals surface area contributed by atoms with Crippen LogP contribution in [0.1, 0.15) is 27.0 Å². The molecule has 35 heavy (non-hydrogen) atoms. The first-order valence-electron chi connectivity index (χ1n) is 11.0. The van der Waals surface area contributed by atoms with E-state index in [0.717, 1.165) is 11.1 Å². The molecule has 0 saturated carbocycles. The molecule has 1 aliphatic rings. The van der Waals surface area contributed by atoms with E-state index in [9.17, 15) is 19.5 Å². The predicted octanol–water partition coefficient (Wildman–Crippen LogP) is 3.31. The van der Waals surface area contributed by atoms with Crippen molar-refractivity contribution in [2.45, 2.75) is 19.4 Å². The molecule has 1 aliphatic heterocycles. The van der Waals surface area contributed by atoms with E-state index < -0.39 is 23.8 Å². The summed E-state index contributed by atoms with van der Waals surface area (Å²) in [6, 6.07) is 19.7. The van der Waals surface area contributed by atoms with Gasteiger partial charge in [0, 0.05) is 12.0 Å². The molecule has 0 bridgehead atoms. The van der Waals surface area contributed by atoms with Gasteiger partial charge >= 0.3 is 5.97 Å². The SMILES string of the molecule is Cc1ccc(C(=O)N/C(=C/c2ccc3c(c2)OCO3)C(=O)N[C@@H](Cc2ccccc2)C(=O)O)cc1. The van der Waals surface area contributed by atoms with Gasteiger partial charge in [-0.05, 0) is 48.4 Å². The highest BCUT2D eigenvalue weighted by Crippen LogP contribution is 2.33. The van der Waals surface area contributed by atoms with Crippen LogP contribution < -0.4 is 20.1 Å². The molecule has 178 valence electrons. The third-order valence-corrected chi connectivity index (χ3v) is 5.40. The van der Waals surface area contributed by atoms with Gasteiger partial charge in [0.2, 0.25) is 6.79 Å². The zero-order valence-corrected chi connectivity index (χ0v) is 19.0. The Morgan fingerprint density at radius 1 is 0.971 bits per heavy atom. The van der Waals surface area contributed by atoms with Crippen LogP contribution in [0.15, 0.2) is 78.5 Å². The van der Waals surface area contributed by atoms with Crippen LogP contribution in [0.5, 0.6) is 11.5 Å². The molecule has 8 nitrogen and oxygen atoms in total. The van der Waals surface area contributed by atoms with E-state index in [1.54, 1.807) is 66.7 Å². The topological polar surface area (TPSA) is 114 Å². The maximum Gasteiger partial charge on any atom is 0.326 e. The third-order valence-electron chi connectivity index (χ3n) is 5.40. The van der Waals surface area contributed by atoms with Crippen molar-refractivity contribution >= 4 is 23.9 Å². The minimum absolute atomic E-state index is 0.0884. The lowest BCUT2D eigenvalue weighted by Gasteiger charge is -2.17. The highest BCUT2D eigenvalue weighted by Gasteiger charge is 2.24. The second kappa shape index (κ2) is 10.6. The highest BCUT2D eigenvalue weighted by atomic mass is 16.7. The third kappa shape index (κ3) is 6.05. The lowest BCUT2D eigenvalue weighted by atomic mass is 10.1. The molecule has 0 aliphatic carbocycles. The summed E-state index contributed by atoms with van der Waals surface area (Å²) in [7, 11) is 0. The summed E-state index contributed by atoms with van der Waals surface area (Å²) in [5.41, 5.74) is 2.57. The van der Waals surface area contributed by atoms with E-state index in [4.69, 9.17) is 9.47 Å². The van der Waals surface area contributed by atoms with Crippen LogP contribution in [0.2, 0.25) is 0 Å². The maximum atomic E-state index is 13.2. The van der Waals surface area contributed by atoms with Gasteiger partial charge in [0.05, 0.1) is 0 Å². The fourth-order valence-corrected chi connectivity index (χ4v) is 3.51. The smallest absolute Gasteiger partial charge is 0.326 e. The Hall–Kier alpha value is -4.59. The summed E-state index contributed by atoms with van der Waals surface area (Å²) in [5.74, 6) is -1.33. The van der Waals surface area contributed by atoms with Crippen LogP contribution in [0.25, 0.3) is 6.08 Å². The van der Waals surface area contributed by atoms with Crippen LogP contribution in [0, 0.1) is 6.92 Å². The number of carbonyl (C=O) groups is 3. The van der Waals surface area contributed by atoms with Crippen molar-refractivity contribution in [3.8, 4) is 11.5 Å². The predicted molar refractivity (Wildman–Crippen MR) is 129 cm³/mol. The molecule has 1 heterocycles.